The van der Waals surface area contributed by atoms with Crippen molar-refractivity contribution in [1.29, 1.82) is 0 Å². The van der Waals surface area contributed by atoms with Crippen LogP contribution in [0.1, 0.15) is 35.0 Å². The number of piperidine rings is 1. The van der Waals surface area contributed by atoms with E-state index in [1.807, 2.05) is 4.90 Å². The number of carbonyl (C=O) groups excluding carboxylic acids is 1. The number of halogens is 3. The Bertz CT molecular complexity index is 1490. The summed E-state index contributed by atoms with van der Waals surface area (Å²) in [7, 11) is 1.24. The third-order valence-corrected chi connectivity index (χ3v) is 7.87. The van der Waals surface area contributed by atoms with Crippen LogP contribution in [0.15, 0.2) is 52.4 Å². The Labute approximate surface area is 236 Å². The first-order chi connectivity index (χ1) is 19.3. The number of carboxylic acid groups (broad SMARTS) is 1. The first-order valence-electron chi connectivity index (χ1n) is 12.2. The number of benzene rings is 1. The zero-order valence-electron chi connectivity index (χ0n) is 21.1. The standard InChI is InChI=1S/C26H23ClF2N6O4S/c1-39-25(38)18-21(14-4-7-35(8-5-14)26-31-11-13(12-32-26)10-17(36)37)33-23(24-30-6-9-40-24)34-22(18)15-2-3-16(28)20(29)19(15)27/h2-3,6,9,11-12,14,22H,4-5,7-8,10H2,1H3,(H,33,34)(H,36,37). The molecule has 3 aromatic rings. The lowest BCUT2D eigenvalue weighted by molar-refractivity contribution is -0.137. The van der Waals surface area contributed by atoms with Crippen LogP contribution in [0.3, 0.4) is 0 Å². The number of rotatable bonds is 7. The molecule has 1 unspecified atom stereocenters. The summed E-state index contributed by atoms with van der Waals surface area (Å²) in [6, 6.07) is 1.20. The summed E-state index contributed by atoms with van der Waals surface area (Å²) in [5, 5.41) is 14.1. The number of anilines is 1. The zero-order chi connectivity index (χ0) is 28.4. The van der Waals surface area contributed by atoms with E-state index in [1.165, 1.54) is 36.9 Å². The number of ether oxygens (including phenoxy) is 1. The molecule has 5 rings (SSSR count). The van der Waals surface area contributed by atoms with Crippen molar-refractivity contribution in [2.45, 2.75) is 25.3 Å². The van der Waals surface area contributed by atoms with Crippen molar-refractivity contribution in [1.82, 2.24) is 20.3 Å². The smallest absolute Gasteiger partial charge is 0.338 e. The van der Waals surface area contributed by atoms with E-state index >= 15 is 0 Å². The summed E-state index contributed by atoms with van der Waals surface area (Å²) in [5.74, 6) is -3.27. The van der Waals surface area contributed by atoms with E-state index in [4.69, 9.17) is 21.4 Å². The van der Waals surface area contributed by atoms with E-state index in [9.17, 15) is 18.4 Å². The van der Waals surface area contributed by atoms with Gasteiger partial charge in [-0.1, -0.05) is 17.7 Å². The number of hydrogen-bond donors (Lipinski definition) is 2. The summed E-state index contributed by atoms with van der Waals surface area (Å²) in [6.07, 6.45) is 5.62. The maximum atomic E-state index is 14.5. The van der Waals surface area contributed by atoms with Gasteiger partial charge in [-0.15, -0.1) is 11.3 Å². The second-order valence-electron chi connectivity index (χ2n) is 9.15. The van der Waals surface area contributed by atoms with Gasteiger partial charge in [0.05, 0.1) is 24.1 Å². The van der Waals surface area contributed by atoms with Gasteiger partial charge in [-0.3, -0.25) is 9.79 Å². The fourth-order valence-electron chi connectivity index (χ4n) is 4.79. The van der Waals surface area contributed by atoms with E-state index in [2.05, 4.69) is 25.3 Å². The number of thiazole rings is 1. The summed E-state index contributed by atoms with van der Waals surface area (Å²) < 4.78 is 33.5. The molecule has 2 aromatic heterocycles. The van der Waals surface area contributed by atoms with E-state index < -0.39 is 34.6 Å². The molecule has 40 heavy (non-hydrogen) atoms. The molecule has 208 valence electrons. The molecule has 0 spiro atoms. The van der Waals surface area contributed by atoms with Crippen LogP contribution in [-0.4, -0.2) is 58.0 Å². The largest absolute Gasteiger partial charge is 0.481 e. The monoisotopic (exact) mass is 588 g/mol. The van der Waals surface area contributed by atoms with Crippen LogP contribution in [0.2, 0.25) is 5.02 Å². The van der Waals surface area contributed by atoms with E-state index in [0.29, 0.717) is 54.0 Å². The summed E-state index contributed by atoms with van der Waals surface area (Å²) in [4.78, 5) is 43.7. The molecule has 2 aliphatic heterocycles. The minimum absolute atomic E-state index is 0.126. The Balaban J connectivity index is 1.48. The fraction of sp³-hybridized carbons (Fsp3) is 0.308. The van der Waals surface area contributed by atoms with Crippen LogP contribution >= 0.6 is 22.9 Å². The van der Waals surface area contributed by atoms with Gasteiger partial charge in [-0.25, -0.2) is 28.5 Å². The van der Waals surface area contributed by atoms with Crippen LogP contribution in [0.5, 0.6) is 0 Å². The van der Waals surface area contributed by atoms with Crippen LogP contribution in [0.4, 0.5) is 14.7 Å². The molecule has 0 bridgehead atoms. The molecule has 0 amide bonds. The van der Waals surface area contributed by atoms with Crippen LogP contribution < -0.4 is 10.2 Å². The average Bonchev–Trinajstić information content (AvgIpc) is 3.51. The minimum atomic E-state index is -1.22. The Morgan fingerprint density at radius 2 is 1.93 bits per heavy atom. The number of allylic oxidation sites excluding steroid dienone is 1. The maximum absolute atomic E-state index is 14.5. The Hall–Kier alpha value is -3.97. The Morgan fingerprint density at radius 3 is 2.55 bits per heavy atom. The van der Waals surface area contributed by atoms with Gasteiger partial charge in [-0.2, -0.15) is 0 Å². The normalized spacial score (nSPS) is 17.9. The van der Waals surface area contributed by atoms with Crippen molar-refractivity contribution in [2.75, 3.05) is 25.1 Å². The SMILES string of the molecule is COC(=O)C1=C(C2CCN(c3ncc(CC(=O)O)cn3)CC2)NC(c2nccs2)=NC1c1ccc(F)c(F)c1Cl. The van der Waals surface area contributed by atoms with E-state index in [-0.39, 0.29) is 23.5 Å². The fourth-order valence-corrected chi connectivity index (χ4v) is 5.64. The van der Waals surface area contributed by atoms with E-state index in [1.54, 1.807) is 11.6 Å². The number of hydrogen-bond acceptors (Lipinski definition) is 10. The summed E-state index contributed by atoms with van der Waals surface area (Å²) >= 11 is 7.56. The van der Waals surface area contributed by atoms with Crippen molar-refractivity contribution in [3.05, 3.63) is 80.2 Å². The lowest BCUT2D eigenvalue weighted by Gasteiger charge is -2.36. The third-order valence-electron chi connectivity index (χ3n) is 6.71. The van der Waals surface area contributed by atoms with Crippen molar-refractivity contribution < 1.29 is 28.2 Å². The van der Waals surface area contributed by atoms with E-state index in [0.717, 1.165) is 6.07 Å². The number of carboxylic acids is 1. The van der Waals surface area contributed by atoms with Gasteiger partial charge >= 0.3 is 11.9 Å². The molecule has 0 radical (unpaired) electrons. The summed E-state index contributed by atoms with van der Waals surface area (Å²) in [6.45, 7) is 1.09. The number of aromatic nitrogens is 3. The molecule has 1 atom stereocenters. The quantitative estimate of drug-likeness (QED) is 0.311. The second kappa shape index (κ2) is 11.6. The molecule has 1 saturated heterocycles. The molecule has 2 N–H and O–H groups in total. The van der Waals surface area contributed by atoms with Gasteiger partial charge in [0.15, 0.2) is 22.5 Å². The van der Waals surface area contributed by atoms with Gasteiger partial charge in [0, 0.05) is 59.8 Å². The van der Waals surface area contributed by atoms with Crippen molar-refractivity contribution in [3.8, 4) is 0 Å². The molecular formula is C26H23ClF2N6O4S. The highest BCUT2D eigenvalue weighted by Crippen LogP contribution is 2.41. The molecule has 4 heterocycles. The average molecular weight is 589 g/mol. The number of amidine groups is 1. The van der Waals surface area contributed by atoms with Crippen molar-refractivity contribution >= 4 is 46.7 Å². The zero-order valence-corrected chi connectivity index (χ0v) is 22.7. The number of methoxy groups -OCH3 is 1. The molecular weight excluding hydrogens is 566 g/mol. The lowest BCUT2D eigenvalue weighted by atomic mass is 9.85. The number of esters is 1. The topological polar surface area (TPSA) is 130 Å². The number of carbonyl (C=O) groups is 2. The highest BCUT2D eigenvalue weighted by atomic mass is 35.5. The van der Waals surface area contributed by atoms with Crippen molar-refractivity contribution in [2.24, 2.45) is 10.9 Å². The third kappa shape index (κ3) is 5.52. The van der Waals surface area contributed by atoms with Crippen LogP contribution in [0.25, 0.3) is 0 Å². The van der Waals surface area contributed by atoms with Gasteiger partial charge in [0.2, 0.25) is 5.95 Å². The minimum Gasteiger partial charge on any atom is -0.481 e. The predicted octanol–water partition coefficient (Wildman–Crippen LogP) is 3.93. The first kappa shape index (κ1) is 27.6. The lowest BCUT2D eigenvalue weighted by Crippen LogP contribution is -2.42. The predicted molar refractivity (Wildman–Crippen MR) is 143 cm³/mol. The number of aliphatic carboxylic acids is 1. The Kier molecular flexibility index (Phi) is 8.03. The molecule has 0 aliphatic carbocycles. The molecule has 14 heteroatoms. The Morgan fingerprint density at radius 1 is 1.20 bits per heavy atom. The van der Waals surface area contributed by atoms with Gasteiger partial charge < -0.3 is 20.1 Å². The summed E-state index contributed by atoms with van der Waals surface area (Å²) in [5.41, 5.74) is 1.33. The molecule has 2 aliphatic rings. The first-order valence-corrected chi connectivity index (χ1v) is 13.5. The maximum Gasteiger partial charge on any atom is 0.338 e. The van der Waals surface area contributed by atoms with Gasteiger partial charge in [-0.05, 0) is 18.9 Å². The number of nitrogens with zero attached hydrogens (tertiary/aromatic N) is 5. The number of nitrogens with one attached hydrogen (secondary N) is 1. The molecule has 1 fully saturated rings. The van der Waals surface area contributed by atoms with Crippen LogP contribution in [-0.2, 0) is 20.7 Å². The highest BCUT2D eigenvalue weighted by molar-refractivity contribution is 7.11. The number of aliphatic imine (C=N–C) groups is 1. The van der Waals surface area contributed by atoms with Gasteiger partial charge in [0.25, 0.3) is 0 Å². The van der Waals surface area contributed by atoms with Gasteiger partial charge in [0.1, 0.15) is 6.04 Å². The molecule has 1 aromatic carbocycles. The van der Waals surface area contributed by atoms with Crippen LogP contribution in [0, 0.1) is 17.6 Å². The highest BCUT2D eigenvalue weighted by Gasteiger charge is 2.38. The molecule has 10 nitrogen and oxygen atoms in total. The molecule has 0 saturated carbocycles. The second-order valence-corrected chi connectivity index (χ2v) is 10.4. The van der Waals surface area contributed by atoms with Crippen molar-refractivity contribution in [3.63, 3.8) is 0 Å².